The van der Waals surface area contributed by atoms with Crippen LogP contribution < -0.4 is 5.76 Å². The standard InChI is InChI=1S/C19H18ClN3O3/c20-14-3-4-16-17(12-14)26-19(25)23(16)11-7-18(24)22-10-1-2-15(22)13-5-8-21-9-6-13/h3-6,8-9,12,15H,1-2,7,10-11H2/t15-/m0/s1. The maximum absolute atomic E-state index is 12.8. The zero-order chi connectivity index (χ0) is 18.1. The number of aryl methyl sites for hydroxylation is 1. The number of carbonyl (C=O) groups is 1. The van der Waals surface area contributed by atoms with Gasteiger partial charge in [-0.15, -0.1) is 0 Å². The number of carbonyl (C=O) groups excluding carboxylic acids is 1. The number of oxazole rings is 1. The van der Waals surface area contributed by atoms with Gasteiger partial charge in [0.15, 0.2) is 5.58 Å². The quantitative estimate of drug-likeness (QED) is 0.704. The summed E-state index contributed by atoms with van der Waals surface area (Å²) < 4.78 is 6.71. The van der Waals surface area contributed by atoms with Crippen LogP contribution in [-0.2, 0) is 11.3 Å². The Morgan fingerprint density at radius 1 is 1.27 bits per heavy atom. The number of fused-ring (bicyclic) bond motifs is 1. The number of nitrogens with zero attached hydrogens (tertiary/aromatic N) is 3. The number of amides is 1. The minimum Gasteiger partial charge on any atom is -0.408 e. The highest BCUT2D eigenvalue weighted by molar-refractivity contribution is 6.31. The maximum atomic E-state index is 12.8. The summed E-state index contributed by atoms with van der Waals surface area (Å²) in [6, 6.07) is 9.04. The summed E-state index contributed by atoms with van der Waals surface area (Å²) in [7, 11) is 0. The highest BCUT2D eigenvalue weighted by atomic mass is 35.5. The van der Waals surface area contributed by atoms with Gasteiger partial charge in [-0.25, -0.2) is 4.79 Å². The number of hydrogen-bond donors (Lipinski definition) is 0. The highest BCUT2D eigenvalue weighted by Gasteiger charge is 2.29. The molecule has 7 heteroatoms. The van der Waals surface area contributed by atoms with Gasteiger partial charge in [0, 0.05) is 43.0 Å². The fourth-order valence-electron chi connectivity index (χ4n) is 3.60. The van der Waals surface area contributed by atoms with Crippen LogP contribution in [0, 0.1) is 0 Å². The Hall–Kier alpha value is -2.60. The van der Waals surface area contributed by atoms with E-state index in [1.54, 1.807) is 30.6 Å². The van der Waals surface area contributed by atoms with Gasteiger partial charge in [-0.05, 0) is 42.7 Å². The van der Waals surface area contributed by atoms with Crippen LogP contribution in [0.15, 0.2) is 51.9 Å². The second kappa shape index (κ2) is 6.96. The zero-order valence-corrected chi connectivity index (χ0v) is 14.9. The first-order chi connectivity index (χ1) is 12.6. The molecule has 0 unspecified atom stereocenters. The topological polar surface area (TPSA) is 68.3 Å². The third-order valence-corrected chi connectivity index (χ3v) is 5.08. The predicted octanol–water partition coefficient (Wildman–Crippen LogP) is 3.40. The molecule has 0 bridgehead atoms. The molecular weight excluding hydrogens is 354 g/mol. The molecule has 0 saturated carbocycles. The number of hydrogen-bond acceptors (Lipinski definition) is 4. The van der Waals surface area contributed by atoms with Gasteiger partial charge in [0.2, 0.25) is 5.91 Å². The van der Waals surface area contributed by atoms with Crippen LogP contribution in [-0.4, -0.2) is 26.9 Å². The van der Waals surface area contributed by atoms with Crippen molar-refractivity contribution >= 4 is 28.6 Å². The number of benzene rings is 1. The minimum absolute atomic E-state index is 0.0412. The molecule has 1 saturated heterocycles. The lowest BCUT2D eigenvalue weighted by Gasteiger charge is -2.25. The Morgan fingerprint density at radius 2 is 2.08 bits per heavy atom. The van der Waals surface area contributed by atoms with Crippen molar-refractivity contribution in [2.24, 2.45) is 0 Å². The lowest BCUT2D eigenvalue weighted by molar-refractivity contribution is -0.132. The van der Waals surface area contributed by atoms with Crippen molar-refractivity contribution < 1.29 is 9.21 Å². The van der Waals surface area contributed by atoms with Crippen molar-refractivity contribution in [2.45, 2.75) is 31.8 Å². The molecule has 1 fully saturated rings. The monoisotopic (exact) mass is 371 g/mol. The molecule has 6 nitrogen and oxygen atoms in total. The van der Waals surface area contributed by atoms with Crippen molar-refractivity contribution in [3.63, 3.8) is 0 Å². The summed E-state index contributed by atoms with van der Waals surface area (Å²) in [5.41, 5.74) is 2.19. The molecule has 0 spiro atoms. The Balaban J connectivity index is 1.51. The van der Waals surface area contributed by atoms with Crippen molar-refractivity contribution in [1.29, 1.82) is 0 Å². The van der Waals surface area contributed by atoms with Crippen LogP contribution in [0.4, 0.5) is 0 Å². The molecule has 0 radical (unpaired) electrons. The van der Waals surface area contributed by atoms with E-state index in [0.717, 1.165) is 24.9 Å². The van der Waals surface area contributed by atoms with E-state index in [4.69, 9.17) is 16.0 Å². The first kappa shape index (κ1) is 16.8. The summed E-state index contributed by atoms with van der Waals surface area (Å²) in [5.74, 6) is -0.429. The Morgan fingerprint density at radius 3 is 2.88 bits per heavy atom. The van der Waals surface area contributed by atoms with E-state index in [1.807, 2.05) is 17.0 Å². The summed E-state index contributed by atoms with van der Waals surface area (Å²) in [4.78, 5) is 30.8. The number of likely N-dealkylation sites (tertiary alicyclic amines) is 1. The van der Waals surface area contributed by atoms with Gasteiger partial charge in [0.25, 0.3) is 0 Å². The average molecular weight is 372 g/mol. The van der Waals surface area contributed by atoms with Crippen molar-refractivity contribution in [1.82, 2.24) is 14.5 Å². The smallest absolute Gasteiger partial charge is 0.408 e. The Kier molecular flexibility index (Phi) is 4.51. The number of pyridine rings is 1. The fraction of sp³-hybridized carbons (Fsp3) is 0.316. The largest absolute Gasteiger partial charge is 0.419 e. The molecule has 1 aliphatic heterocycles. The summed E-state index contributed by atoms with van der Waals surface area (Å²) >= 11 is 5.93. The zero-order valence-electron chi connectivity index (χ0n) is 14.1. The van der Waals surface area contributed by atoms with Crippen LogP contribution in [0.25, 0.3) is 11.1 Å². The molecule has 0 aliphatic carbocycles. The van der Waals surface area contributed by atoms with E-state index in [-0.39, 0.29) is 24.9 Å². The average Bonchev–Trinajstić information content (AvgIpc) is 3.24. The Bertz CT molecular complexity index is 996. The lowest BCUT2D eigenvalue weighted by Crippen LogP contribution is -2.31. The van der Waals surface area contributed by atoms with Crippen LogP contribution >= 0.6 is 11.6 Å². The predicted molar refractivity (Wildman–Crippen MR) is 98.0 cm³/mol. The summed E-state index contributed by atoms with van der Waals surface area (Å²) in [6.45, 7) is 1.02. The first-order valence-electron chi connectivity index (χ1n) is 8.62. The van der Waals surface area contributed by atoms with Gasteiger partial charge in [-0.2, -0.15) is 0 Å². The van der Waals surface area contributed by atoms with Gasteiger partial charge in [-0.1, -0.05) is 11.6 Å². The van der Waals surface area contributed by atoms with Crippen LogP contribution in [0.3, 0.4) is 0 Å². The third-order valence-electron chi connectivity index (χ3n) is 4.84. The molecule has 26 heavy (non-hydrogen) atoms. The van der Waals surface area contributed by atoms with Gasteiger partial charge in [0.1, 0.15) is 0 Å². The molecule has 3 aromatic rings. The molecule has 0 N–H and O–H groups in total. The van der Waals surface area contributed by atoms with E-state index in [1.165, 1.54) is 4.57 Å². The van der Waals surface area contributed by atoms with E-state index < -0.39 is 5.76 Å². The normalized spacial score (nSPS) is 17.1. The Labute approximate surface area is 155 Å². The maximum Gasteiger partial charge on any atom is 0.419 e. The fourth-order valence-corrected chi connectivity index (χ4v) is 3.76. The van der Waals surface area contributed by atoms with Crippen molar-refractivity contribution in [3.05, 3.63) is 63.9 Å². The van der Waals surface area contributed by atoms with Gasteiger partial charge in [0.05, 0.1) is 11.6 Å². The molecule has 3 heterocycles. The lowest BCUT2D eigenvalue weighted by atomic mass is 10.1. The molecule has 4 rings (SSSR count). The minimum atomic E-state index is -0.470. The van der Waals surface area contributed by atoms with E-state index >= 15 is 0 Å². The van der Waals surface area contributed by atoms with Crippen molar-refractivity contribution in [2.75, 3.05) is 6.54 Å². The first-order valence-corrected chi connectivity index (χ1v) is 8.99. The number of rotatable bonds is 4. The van der Waals surface area contributed by atoms with Gasteiger partial charge in [-0.3, -0.25) is 14.3 Å². The summed E-state index contributed by atoms with van der Waals surface area (Å²) in [5, 5.41) is 0.506. The molecule has 2 aromatic heterocycles. The molecule has 1 atom stereocenters. The van der Waals surface area contributed by atoms with Crippen LogP contribution in [0.5, 0.6) is 0 Å². The number of halogens is 1. The molecule has 1 aromatic carbocycles. The highest BCUT2D eigenvalue weighted by Crippen LogP contribution is 2.32. The molecule has 134 valence electrons. The second-order valence-electron chi connectivity index (χ2n) is 6.41. The summed E-state index contributed by atoms with van der Waals surface area (Å²) in [6.07, 6.45) is 5.67. The molecule has 1 aliphatic rings. The number of aromatic nitrogens is 2. The van der Waals surface area contributed by atoms with Crippen LogP contribution in [0.2, 0.25) is 5.02 Å². The second-order valence-corrected chi connectivity index (χ2v) is 6.84. The molecule has 1 amide bonds. The van der Waals surface area contributed by atoms with E-state index in [0.29, 0.717) is 16.1 Å². The third kappa shape index (κ3) is 3.12. The van der Waals surface area contributed by atoms with Crippen LogP contribution in [0.1, 0.15) is 30.9 Å². The SMILES string of the molecule is O=C(CCn1c(=O)oc2cc(Cl)ccc21)N1CCC[C@H]1c1ccncc1. The molecular formula is C19H18ClN3O3. The van der Waals surface area contributed by atoms with E-state index in [2.05, 4.69) is 4.98 Å². The van der Waals surface area contributed by atoms with E-state index in [9.17, 15) is 9.59 Å². The van der Waals surface area contributed by atoms with Gasteiger partial charge < -0.3 is 9.32 Å². The van der Waals surface area contributed by atoms with Crippen molar-refractivity contribution in [3.8, 4) is 0 Å². The van der Waals surface area contributed by atoms with Gasteiger partial charge >= 0.3 is 5.76 Å².